The van der Waals surface area contributed by atoms with Crippen LogP contribution in [0.4, 0.5) is 0 Å². The molecule has 0 N–H and O–H groups in total. The van der Waals surface area contributed by atoms with Crippen molar-refractivity contribution >= 4 is 38.3 Å². The predicted octanol–water partition coefficient (Wildman–Crippen LogP) is 1.14. The van der Waals surface area contributed by atoms with E-state index in [1.165, 1.54) is 6.92 Å². The molecule has 0 aromatic rings. The fourth-order valence-electron chi connectivity index (χ4n) is 0.393. The number of alkyl halides is 1. The second-order valence-corrected chi connectivity index (χ2v) is 6.04. The molecule has 0 radical (unpaired) electrons. The lowest BCUT2D eigenvalue weighted by Gasteiger charge is -2.15. The maximum Gasteiger partial charge on any atom is 0.257 e. The predicted molar refractivity (Wildman–Crippen MR) is 44.6 cm³/mol. The van der Waals surface area contributed by atoms with Gasteiger partial charge >= 0.3 is 0 Å². The van der Waals surface area contributed by atoms with E-state index in [1.807, 2.05) is 0 Å². The lowest BCUT2D eigenvalue weighted by atomic mass is 10.5. The topological polar surface area (TPSA) is 51.2 Å². The summed E-state index contributed by atoms with van der Waals surface area (Å²) in [5.74, 6) is -0.203. The first-order chi connectivity index (χ1) is 4.75. The van der Waals surface area contributed by atoms with E-state index in [9.17, 15) is 13.2 Å². The molecule has 0 amide bonds. The summed E-state index contributed by atoms with van der Waals surface area (Å²) in [7, 11) is -3.61. The molecule has 3 nitrogen and oxygen atoms in total. The number of carbonyl (C=O) groups excluding carboxylic acids is 1. The fraction of sp³-hybridized carbons (Fsp3) is 0.800. The van der Waals surface area contributed by atoms with Gasteiger partial charge in [0.15, 0.2) is 9.84 Å². The molecule has 0 aliphatic rings. The average Bonchev–Trinajstić information content (AvgIpc) is 1.87. The van der Waals surface area contributed by atoms with Crippen LogP contribution in [-0.4, -0.2) is 23.6 Å². The van der Waals surface area contributed by atoms with Gasteiger partial charge in [-0.1, -0.05) is 18.5 Å². The Bertz CT molecular complexity index is 255. The molecule has 1 unspecified atom stereocenters. The average molecular weight is 219 g/mol. The van der Waals surface area contributed by atoms with E-state index in [4.69, 9.17) is 23.2 Å². The van der Waals surface area contributed by atoms with Crippen molar-refractivity contribution in [2.24, 2.45) is 0 Å². The lowest BCUT2D eigenvalue weighted by Crippen LogP contribution is -2.36. The molecule has 0 aliphatic carbocycles. The van der Waals surface area contributed by atoms with Crippen LogP contribution < -0.4 is 0 Å². The molecule has 0 spiro atoms. The van der Waals surface area contributed by atoms with E-state index in [0.717, 1.165) is 6.92 Å². The van der Waals surface area contributed by atoms with Crippen LogP contribution in [0.1, 0.15) is 13.8 Å². The highest BCUT2D eigenvalue weighted by molar-refractivity contribution is 7.95. The smallest absolute Gasteiger partial charge is 0.257 e. The Hall–Kier alpha value is 0.200. The lowest BCUT2D eigenvalue weighted by molar-refractivity contribution is -0.111. The third-order valence-corrected chi connectivity index (χ3v) is 4.89. The van der Waals surface area contributed by atoms with Crippen molar-refractivity contribution in [2.45, 2.75) is 18.1 Å². The summed E-state index contributed by atoms with van der Waals surface area (Å²) in [6.45, 7) is 2.47. The highest BCUT2D eigenvalue weighted by atomic mass is 35.5. The Labute approximate surface area is 75.6 Å². The monoisotopic (exact) mass is 218 g/mol. The normalized spacial score (nSPS) is 17.5. The van der Waals surface area contributed by atoms with Gasteiger partial charge in [-0.15, -0.1) is 0 Å². The first-order valence-corrected chi connectivity index (χ1v) is 5.27. The van der Waals surface area contributed by atoms with E-state index >= 15 is 0 Å². The van der Waals surface area contributed by atoms with Crippen molar-refractivity contribution < 1.29 is 13.2 Å². The Balaban J connectivity index is 5.01. The Morgan fingerprint density at radius 3 is 2.00 bits per heavy atom. The molecule has 0 saturated heterocycles. The van der Waals surface area contributed by atoms with Gasteiger partial charge in [0.25, 0.3) is 5.24 Å². The number of rotatable bonds is 3. The van der Waals surface area contributed by atoms with Gasteiger partial charge in [-0.05, 0) is 18.5 Å². The van der Waals surface area contributed by atoms with E-state index in [0.29, 0.717) is 0 Å². The highest BCUT2D eigenvalue weighted by Gasteiger charge is 2.42. The molecular formula is C5H8Cl2O3S. The van der Waals surface area contributed by atoms with Gasteiger partial charge < -0.3 is 0 Å². The van der Waals surface area contributed by atoms with E-state index in [1.54, 1.807) is 0 Å². The molecule has 0 aliphatic heterocycles. The standard InChI is InChI=1S/C5H8Cl2O3S/c1-3-11(9,10)5(2,7)4(6)8/h3H2,1-2H3. The zero-order chi connectivity index (χ0) is 9.28. The fourth-order valence-corrected chi connectivity index (χ4v) is 1.86. The van der Waals surface area contributed by atoms with Crippen molar-refractivity contribution in [2.75, 3.05) is 5.75 Å². The van der Waals surface area contributed by atoms with Crippen LogP contribution in [0.25, 0.3) is 0 Å². The Kier molecular flexibility index (Phi) is 3.35. The minimum Gasteiger partial charge on any atom is -0.278 e. The van der Waals surface area contributed by atoms with E-state index in [2.05, 4.69) is 0 Å². The molecular weight excluding hydrogens is 211 g/mol. The Morgan fingerprint density at radius 2 is 1.91 bits per heavy atom. The van der Waals surface area contributed by atoms with Crippen LogP contribution in [0.5, 0.6) is 0 Å². The molecule has 0 heterocycles. The number of halogens is 2. The minimum absolute atomic E-state index is 0.203. The van der Waals surface area contributed by atoms with Gasteiger partial charge in [-0.3, -0.25) is 4.79 Å². The summed E-state index contributed by atoms with van der Waals surface area (Å²) in [5.41, 5.74) is 0. The maximum absolute atomic E-state index is 11.0. The third kappa shape index (κ3) is 2.07. The third-order valence-electron chi connectivity index (χ3n) is 1.32. The van der Waals surface area contributed by atoms with Crippen molar-refractivity contribution in [3.05, 3.63) is 0 Å². The van der Waals surface area contributed by atoms with Gasteiger partial charge in [0.05, 0.1) is 0 Å². The van der Waals surface area contributed by atoms with Gasteiger partial charge in [0.2, 0.25) is 4.21 Å². The SMILES string of the molecule is CCS(=O)(=O)C(C)(Cl)C(=O)Cl. The zero-order valence-electron chi connectivity index (χ0n) is 6.10. The summed E-state index contributed by atoms with van der Waals surface area (Å²) < 4.78 is 20.1. The first kappa shape index (κ1) is 11.2. The van der Waals surface area contributed by atoms with Gasteiger partial charge in [0.1, 0.15) is 0 Å². The van der Waals surface area contributed by atoms with Gasteiger partial charge in [0, 0.05) is 5.75 Å². The molecule has 66 valence electrons. The first-order valence-electron chi connectivity index (χ1n) is 2.87. The zero-order valence-corrected chi connectivity index (χ0v) is 8.42. The summed E-state index contributed by atoms with van der Waals surface area (Å²) in [4.78, 5) is 10.5. The largest absolute Gasteiger partial charge is 0.278 e. The second-order valence-electron chi connectivity index (χ2n) is 2.09. The molecule has 0 fully saturated rings. The molecule has 0 aromatic heterocycles. The molecule has 0 bridgehead atoms. The summed E-state index contributed by atoms with van der Waals surface area (Å²) in [6, 6.07) is 0. The van der Waals surface area contributed by atoms with Crippen LogP contribution in [0.3, 0.4) is 0 Å². The van der Waals surface area contributed by atoms with Crippen LogP contribution in [0, 0.1) is 0 Å². The number of hydrogen-bond donors (Lipinski definition) is 0. The van der Waals surface area contributed by atoms with Crippen LogP contribution in [0.2, 0.25) is 0 Å². The van der Waals surface area contributed by atoms with Crippen LogP contribution in [-0.2, 0) is 14.6 Å². The molecule has 11 heavy (non-hydrogen) atoms. The number of hydrogen-bond acceptors (Lipinski definition) is 3. The summed E-state index contributed by atoms with van der Waals surface area (Å²) in [6.07, 6.45) is 0. The molecule has 0 aromatic carbocycles. The van der Waals surface area contributed by atoms with Crippen molar-refractivity contribution in [3.8, 4) is 0 Å². The Morgan fingerprint density at radius 1 is 1.55 bits per heavy atom. The summed E-state index contributed by atoms with van der Waals surface area (Å²) in [5, 5.41) is -1.07. The van der Waals surface area contributed by atoms with E-state index < -0.39 is 19.3 Å². The minimum atomic E-state index is -3.61. The maximum atomic E-state index is 11.0. The van der Waals surface area contributed by atoms with Crippen molar-refractivity contribution in [1.82, 2.24) is 0 Å². The van der Waals surface area contributed by atoms with Crippen LogP contribution >= 0.6 is 23.2 Å². The van der Waals surface area contributed by atoms with Crippen molar-refractivity contribution in [1.29, 1.82) is 0 Å². The number of carbonyl (C=O) groups is 1. The second kappa shape index (κ2) is 3.29. The molecule has 0 rings (SSSR count). The van der Waals surface area contributed by atoms with E-state index in [-0.39, 0.29) is 5.75 Å². The molecule has 6 heteroatoms. The van der Waals surface area contributed by atoms with Gasteiger partial charge in [-0.25, -0.2) is 8.42 Å². The van der Waals surface area contributed by atoms with Crippen LogP contribution in [0.15, 0.2) is 0 Å². The quantitative estimate of drug-likeness (QED) is 0.528. The van der Waals surface area contributed by atoms with Crippen molar-refractivity contribution in [3.63, 3.8) is 0 Å². The molecule has 1 atom stereocenters. The highest BCUT2D eigenvalue weighted by Crippen LogP contribution is 2.25. The van der Waals surface area contributed by atoms with Gasteiger partial charge in [-0.2, -0.15) is 0 Å². The summed E-state index contributed by atoms with van der Waals surface area (Å²) >= 11 is 10.4. The molecule has 0 saturated carbocycles. The number of sulfone groups is 1.